The fourth-order valence-corrected chi connectivity index (χ4v) is 1.61. The Morgan fingerprint density at radius 3 is 3.17 bits per heavy atom. The highest BCUT2D eigenvalue weighted by molar-refractivity contribution is 5.20. The fraction of sp³-hybridized carbons (Fsp3) is 0.400. The Morgan fingerprint density at radius 1 is 1.58 bits per heavy atom. The normalized spacial score (nSPS) is 25.8. The van der Waals surface area contributed by atoms with Crippen LogP contribution in [0, 0.1) is 5.82 Å². The molecular weight excluding hydrogens is 153 g/mol. The molecule has 1 heterocycles. The third kappa shape index (κ3) is 1.48. The minimum absolute atomic E-state index is 0.0932. The van der Waals surface area contributed by atoms with Crippen LogP contribution in [0.3, 0.4) is 0 Å². The van der Waals surface area contributed by atoms with Crippen molar-refractivity contribution in [2.45, 2.75) is 18.9 Å². The Bertz CT molecular complexity index is 303. The lowest BCUT2D eigenvalue weighted by Gasteiger charge is -2.09. The molecule has 1 fully saturated rings. The standard InChI is InChI=1S/C10H12FN/c11-9-4-1-3-8(7-9)10-5-2-6-12-10/h1,3-4,7,10,12H,2,5-6H2/t10-/m1/s1/i/hD. The third-order valence-corrected chi connectivity index (χ3v) is 2.22. The lowest BCUT2D eigenvalue weighted by Crippen LogP contribution is -2.12. The molecular formula is C10H12FN. The van der Waals surface area contributed by atoms with Gasteiger partial charge in [-0.15, -0.1) is 0 Å². The van der Waals surface area contributed by atoms with Crippen molar-refractivity contribution in [2.24, 2.45) is 0 Å². The Morgan fingerprint density at radius 2 is 2.50 bits per heavy atom. The van der Waals surface area contributed by atoms with Crippen LogP contribution < -0.4 is 5.31 Å². The van der Waals surface area contributed by atoms with E-state index >= 15 is 0 Å². The highest BCUT2D eigenvalue weighted by atomic mass is 19.1. The van der Waals surface area contributed by atoms with Gasteiger partial charge in [0.2, 0.25) is 0 Å². The van der Waals surface area contributed by atoms with Crippen LogP contribution in [0.25, 0.3) is 0 Å². The van der Waals surface area contributed by atoms with Gasteiger partial charge in [0.05, 0.1) is 0 Å². The predicted molar refractivity (Wildman–Crippen MR) is 46.4 cm³/mol. The van der Waals surface area contributed by atoms with Crippen molar-refractivity contribution in [3.05, 3.63) is 35.6 Å². The zero-order valence-corrected chi connectivity index (χ0v) is 6.83. The topological polar surface area (TPSA) is 12.0 Å². The minimum atomic E-state index is -0.210. The van der Waals surface area contributed by atoms with E-state index in [-0.39, 0.29) is 11.9 Å². The molecule has 2 rings (SSSR count). The van der Waals surface area contributed by atoms with Crippen molar-refractivity contribution in [3.8, 4) is 0 Å². The van der Waals surface area contributed by atoms with Gasteiger partial charge < -0.3 is 5.31 Å². The monoisotopic (exact) mass is 166 g/mol. The van der Waals surface area contributed by atoms with Gasteiger partial charge in [0.1, 0.15) is 7.23 Å². The first kappa shape index (κ1) is 6.61. The minimum Gasteiger partial charge on any atom is -0.310 e. The van der Waals surface area contributed by atoms with Gasteiger partial charge in [-0.1, -0.05) is 12.1 Å². The maximum Gasteiger partial charge on any atom is 0.123 e. The highest BCUT2D eigenvalue weighted by Crippen LogP contribution is 2.22. The third-order valence-electron chi connectivity index (χ3n) is 2.22. The van der Waals surface area contributed by atoms with E-state index in [1.165, 1.54) is 17.4 Å². The molecule has 2 heteroatoms. The Hall–Kier alpha value is -0.890. The average molecular weight is 166 g/mol. The van der Waals surface area contributed by atoms with Crippen molar-refractivity contribution in [1.29, 1.82) is 0 Å². The zero-order valence-electron chi connectivity index (χ0n) is 7.83. The van der Waals surface area contributed by atoms with Crippen molar-refractivity contribution in [3.63, 3.8) is 0 Å². The van der Waals surface area contributed by atoms with E-state index in [4.69, 9.17) is 1.41 Å². The van der Waals surface area contributed by atoms with E-state index in [1.54, 1.807) is 6.07 Å². The summed E-state index contributed by atoms with van der Waals surface area (Å²) < 4.78 is 20.5. The van der Waals surface area contributed by atoms with Crippen molar-refractivity contribution in [2.75, 3.05) is 6.54 Å². The van der Waals surface area contributed by atoms with Gasteiger partial charge in [-0.25, -0.2) is 4.39 Å². The van der Waals surface area contributed by atoms with Gasteiger partial charge in [0.25, 0.3) is 0 Å². The summed E-state index contributed by atoms with van der Waals surface area (Å²) in [6, 6.07) is 6.65. The molecule has 0 aliphatic carbocycles. The molecule has 1 aliphatic heterocycles. The molecule has 0 aromatic heterocycles. The number of rotatable bonds is 1. The summed E-state index contributed by atoms with van der Waals surface area (Å²) in [7, 11) is 0. The molecule has 1 aliphatic rings. The Labute approximate surface area is 73.1 Å². The van der Waals surface area contributed by atoms with Gasteiger partial charge in [-0.3, -0.25) is 0 Å². The van der Waals surface area contributed by atoms with Crippen LogP contribution in [0.1, 0.15) is 24.4 Å². The number of hydrogen-bond donors (Lipinski definition) is 1. The summed E-state index contributed by atoms with van der Waals surface area (Å²) in [4.78, 5) is 0. The predicted octanol–water partition coefficient (Wildman–Crippen LogP) is 2.25. The van der Waals surface area contributed by atoms with Gasteiger partial charge in [0, 0.05) is 6.04 Å². The van der Waals surface area contributed by atoms with E-state index in [9.17, 15) is 4.39 Å². The Balaban J connectivity index is 2.24. The van der Waals surface area contributed by atoms with Gasteiger partial charge in [-0.05, 0) is 37.1 Å². The summed E-state index contributed by atoms with van der Waals surface area (Å²) in [5.41, 5.74) is 0.924. The van der Waals surface area contributed by atoms with Crippen molar-refractivity contribution in [1.82, 2.24) is 5.31 Å². The summed E-state index contributed by atoms with van der Waals surface area (Å²) in [5, 5.41) is 1.54. The first-order valence-corrected chi connectivity index (χ1v) is 4.28. The number of nitrogens with one attached hydrogen (secondary N) is 1. The van der Waals surface area contributed by atoms with Gasteiger partial charge >= 0.3 is 0 Å². The maximum absolute atomic E-state index is 12.9. The zero-order chi connectivity index (χ0) is 9.26. The molecule has 12 heavy (non-hydrogen) atoms. The van der Waals surface area contributed by atoms with E-state index in [0.29, 0.717) is 0 Å². The van der Waals surface area contributed by atoms with Crippen LogP contribution in [0.2, 0.25) is 1.41 Å². The SMILES string of the molecule is [2H]N1CCC[C@@H]1c1cccc(F)c1. The number of benzene rings is 1. The van der Waals surface area contributed by atoms with Crippen LogP contribution in [0.5, 0.6) is 0 Å². The second kappa shape index (κ2) is 3.23. The lowest BCUT2D eigenvalue weighted by molar-refractivity contribution is 0.606. The molecule has 1 atom stereocenters. The molecule has 0 bridgehead atoms. The second-order valence-corrected chi connectivity index (χ2v) is 3.12. The van der Waals surface area contributed by atoms with Crippen LogP contribution in [-0.2, 0) is 0 Å². The second-order valence-electron chi connectivity index (χ2n) is 3.12. The van der Waals surface area contributed by atoms with E-state index in [2.05, 4.69) is 0 Å². The molecule has 64 valence electrons. The molecule has 1 saturated heterocycles. The fourth-order valence-electron chi connectivity index (χ4n) is 1.61. The number of hydrogen-bond acceptors (Lipinski definition) is 1. The molecule has 0 radical (unpaired) electrons. The van der Waals surface area contributed by atoms with E-state index in [0.717, 1.165) is 24.9 Å². The molecule has 1 aromatic carbocycles. The smallest absolute Gasteiger partial charge is 0.123 e. The summed E-state index contributed by atoms with van der Waals surface area (Å²) in [6.07, 6.45) is 2.00. The Kier molecular flexibility index (Phi) is 1.78. The summed E-state index contributed by atoms with van der Waals surface area (Å²) in [6.45, 7) is 0.793. The molecule has 1 N–H and O–H groups in total. The quantitative estimate of drug-likeness (QED) is 0.674. The maximum atomic E-state index is 12.9. The van der Waals surface area contributed by atoms with E-state index < -0.39 is 0 Å². The van der Waals surface area contributed by atoms with Crippen LogP contribution in [0.15, 0.2) is 24.3 Å². The van der Waals surface area contributed by atoms with Crippen molar-refractivity contribution < 1.29 is 5.80 Å². The van der Waals surface area contributed by atoms with Crippen LogP contribution in [0.4, 0.5) is 4.39 Å². The molecule has 0 saturated carbocycles. The van der Waals surface area contributed by atoms with E-state index in [1.807, 2.05) is 6.07 Å². The van der Waals surface area contributed by atoms with Crippen LogP contribution >= 0.6 is 0 Å². The van der Waals surface area contributed by atoms with Gasteiger partial charge in [0.15, 0.2) is 0 Å². The summed E-state index contributed by atoms with van der Waals surface area (Å²) >= 11 is 0. The molecule has 0 amide bonds. The molecule has 0 spiro atoms. The first-order valence-electron chi connectivity index (χ1n) is 4.73. The average Bonchev–Trinajstić information content (AvgIpc) is 2.51. The largest absolute Gasteiger partial charge is 0.310 e. The first-order chi connectivity index (χ1) is 6.27. The summed E-state index contributed by atoms with van der Waals surface area (Å²) in [5.74, 6) is -0.210. The van der Waals surface area contributed by atoms with Crippen LogP contribution in [-0.4, -0.2) is 6.54 Å². The molecule has 1 aromatic rings. The van der Waals surface area contributed by atoms with Gasteiger partial charge in [-0.2, -0.15) is 0 Å². The molecule has 0 unspecified atom stereocenters. The molecule has 1 nitrogen and oxygen atoms in total. The number of halogens is 1. The lowest BCUT2D eigenvalue weighted by atomic mass is 10.1. The highest BCUT2D eigenvalue weighted by Gasteiger charge is 2.15. The van der Waals surface area contributed by atoms with Crippen molar-refractivity contribution >= 4 is 0 Å².